The van der Waals surface area contributed by atoms with Crippen LogP contribution in [0.25, 0.3) is 22.6 Å². The average Bonchev–Trinajstić information content (AvgIpc) is 3.24. The molecule has 1 aliphatic carbocycles. The van der Waals surface area contributed by atoms with Crippen LogP contribution in [0.15, 0.2) is 30.6 Å². The highest BCUT2D eigenvalue weighted by atomic mass is 35.5. The number of anilines is 1. The first-order chi connectivity index (χ1) is 15.9. The third-order valence-corrected chi connectivity index (χ3v) is 7.57. The van der Waals surface area contributed by atoms with Crippen molar-refractivity contribution in [1.29, 1.82) is 0 Å². The second-order valence-corrected chi connectivity index (χ2v) is 10.1. The fourth-order valence-electron chi connectivity index (χ4n) is 4.93. The fourth-order valence-corrected chi connectivity index (χ4v) is 5.09. The first kappa shape index (κ1) is 22.3. The summed E-state index contributed by atoms with van der Waals surface area (Å²) in [6.07, 6.45) is 9.89. The molecule has 4 heterocycles. The molecule has 0 atom stereocenters. The van der Waals surface area contributed by atoms with Crippen molar-refractivity contribution in [1.82, 2.24) is 19.9 Å². The van der Waals surface area contributed by atoms with Crippen molar-refractivity contribution in [3.05, 3.63) is 35.6 Å². The Balaban J connectivity index is 1.15. The molecule has 1 N–H and O–H groups in total. The van der Waals surface area contributed by atoms with E-state index in [1.54, 1.807) is 13.1 Å². The Bertz CT molecular complexity index is 1130. The van der Waals surface area contributed by atoms with E-state index >= 15 is 0 Å². The number of ether oxygens (including phenoxy) is 1. The lowest BCUT2D eigenvalue weighted by molar-refractivity contribution is -0.130. The lowest BCUT2D eigenvalue weighted by Gasteiger charge is -2.39. The molecule has 174 valence electrons. The molecule has 7 nitrogen and oxygen atoms in total. The van der Waals surface area contributed by atoms with Gasteiger partial charge >= 0.3 is 0 Å². The standard InChI is InChI=1S/C25H30ClN5O2/c1-16(32)25(2)9-5-19(6-10-25)33-20-7-11-31(12-8-20)22-4-3-17(14-27-22)23-29-21-13-18(26)15-28-24(21)30-23/h3-4,13-15,19-20H,5-12H2,1-2H3,(H,28,29,30). The summed E-state index contributed by atoms with van der Waals surface area (Å²) in [5.41, 5.74) is 2.23. The first-order valence-electron chi connectivity index (χ1n) is 11.8. The number of hydrogen-bond donors (Lipinski definition) is 1. The number of imidazole rings is 1. The quantitative estimate of drug-likeness (QED) is 0.555. The average molecular weight is 468 g/mol. The van der Waals surface area contributed by atoms with Crippen LogP contribution in [0.2, 0.25) is 5.02 Å². The number of aromatic nitrogens is 4. The van der Waals surface area contributed by atoms with Gasteiger partial charge in [-0.2, -0.15) is 0 Å². The smallest absolute Gasteiger partial charge is 0.178 e. The van der Waals surface area contributed by atoms with E-state index in [0.717, 1.165) is 74.3 Å². The summed E-state index contributed by atoms with van der Waals surface area (Å²) in [5, 5.41) is 0.580. The molecule has 2 fully saturated rings. The van der Waals surface area contributed by atoms with Gasteiger partial charge in [0.05, 0.1) is 22.7 Å². The third-order valence-electron chi connectivity index (χ3n) is 7.36. The molecule has 1 saturated heterocycles. The Kier molecular flexibility index (Phi) is 6.10. The summed E-state index contributed by atoms with van der Waals surface area (Å²) in [6.45, 7) is 5.69. The van der Waals surface area contributed by atoms with Crippen LogP contribution in [0.4, 0.5) is 5.82 Å². The molecule has 0 radical (unpaired) electrons. The monoisotopic (exact) mass is 467 g/mol. The predicted molar refractivity (Wildman–Crippen MR) is 129 cm³/mol. The zero-order chi connectivity index (χ0) is 23.0. The van der Waals surface area contributed by atoms with E-state index in [1.165, 1.54) is 0 Å². The van der Waals surface area contributed by atoms with Crippen LogP contribution >= 0.6 is 11.6 Å². The van der Waals surface area contributed by atoms with Crippen molar-refractivity contribution in [3.63, 3.8) is 0 Å². The maximum atomic E-state index is 11.9. The molecule has 0 unspecified atom stereocenters. The number of carbonyl (C=O) groups excluding carboxylic acids is 1. The Morgan fingerprint density at radius 1 is 1.12 bits per heavy atom. The van der Waals surface area contributed by atoms with E-state index in [4.69, 9.17) is 16.3 Å². The van der Waals surface area contributed by atoms with Gasteiger partial charge in [0.15, 0.2) is 5.65 Å². The largest absolute Gasteiger partial charge is 0.375 e. The Hall–Kier alpha value is -2.51. The predicted octanol–water partition coefficient (Wildman–Crippen LogP) is 5.20. The molecule has 1 saturated carbocycles. The zero-order valence-corrected chi connectivity index (χ0v) is 19.9. The SMILES string of the molecule is CC(=O)C1(C)CCC(OC2CCN(c3ccc(-c4nc5ncc(Cl)cc5[nH]4)cn3)CC2)CC1. The van der Waals surface area contributed by atoms with Crippen molar-refractivity contribution in [2.45, 2.75) is 64.6 Å². The number of rotatable bonds is 5. The Labute approximate surface area is 198 Å². The number of pyridine rings is 2. The van der Waals surface area contributed by atoms with Gasteiger partial charge in [-0.3, -0.25) is 4.79 Å². The maximum absolute atomic E-state index is 11.9. The summed E-state index contributed by atoms with van der Waals surface area (Å²) >= 11 is 6.02. The van der Waals surface area contributed by atoms with Crippen molar-refractivity contribution in [3.8, 4) is 11.4 Å². The lowest BCUT2D eigenvalue weighted by atomic mass is 9.72. The van der Waals surface area contributed by atoms with Gasteiger partial charge in [-0.25, -0.2) is 15.0 Å². The van der Waals surface area contributed by atoms with Crippen LogP contribution in [-0.4, -0.2) is 51.0 Å². The van der Waals surface area contributed by atoms with Gasteiger partial charge in [-0.1, -0.05) is 18.5 Å². The summed E-state index contributed by atoms with van der Waals surface area (Å²) in [4.78, 5) is 30.9. The van der Waals surface area contributed by atoms with Gasteiger partial charge in [-0.15, -0.1) is 0 Å². The molecule has 1 aliphatic heterocycles. The van der Waals surface area contributed by atoms with Crippen molar-refractivity contribution >= 4 is 34.4 Å². The van der Waals surface area contributed by atoms with Gasteiger partial charge in [-0.05, 0) is 63.6 Å². The zero-order valence-electron chi connectivity index (χ0n) is 19.2. The number of fused-ring (bicyclic) bond motifs is 1. The molecule has 8 heteroatoms. The summed E-state index contributed by atoms with van der Waals surface area (Å²) < 4.78 is 6.42. The minimum Gasteiger partial charge on any atom is -0.375 e. The molecule has 0 bridgehead atoms. The minimum absolute atomic E-state index is 0.146. The van der Waals surface area contributed by atoms with Crippen molar-refractivity contribution in [2.75, 3.05) is 18.0 Å². The fraction of sp³-hybridized carbons (Fsp3) is 0.520. The number of ketones is 1. The number of piperidine rings is 1. The minimum atomic E-state index is -0.146. The van der Waals surface area contributed by atoms with Crippen molar-refractivity contribution in [2.24, 2.45) is 5.41 Å². The van der Waals surface area contributed by atoms with Crippen LogP contribution < -0.4 is 4.90 Å². The normalized spacial score (nSPS) is 24.3. The number of aromatic amines is 1. The first-order valence-corrected chi connectivity index (χ1v) is 12.2. The maximum Gasteiger partial charge on any atom is 0.178 e. The number of hydrogen-bond acceptors (Lipinski definition) is 6. The number of halogens is 1. The molecular formula is C25H30ClN5O2. The number of nitrogens with zero attached hydrogens (tertiary/aromatic N) is 4. The van der Waals surface area contributed by atoms with E-state index < -0.39 is 0 Å². The van der Waals surface area contributed by atoms with E-state index in [1.807, 2.05) is 24.4 Å². The molecule has 3 aromatic rings. The molecule has 5 rings (SSSR count). The van der Waals surface area contributed by atoms with Gasteiger partial charge in [0, 0.05) is 36.5 Å². The highest BCUT2D eigenvalue weighted by molar-refractivity contribution is 6.31. The topological polar surface area (TPSA) is 84.0 Å². The second kappa shape index (κ2) is 9.03. The molecular weight excluding hydrogens is 438 g/mol. The van der Waals surface area contributed by atoms with Crippen molar-refractivity contribution < 1.29 is 9.53 Å². The van der Waals surface area contributed by atoms with E-state index in [-0.39, 0.29) is 5.41 Å². The molecule has 0 aromatic carbocycles. The Morgan fingerprint density at radius 2 is 1.85 bits per heavy atom. The number of Topliss-reactive ketones (excluding diaryl/α,β-unsaturated/α-hetero) is 1. The molecule has 33 heavy (non-hydrogen) atoms. The highest BCUT2D eigenvalue weighted by Gasteiger charge is 2.36. The molecule has 3 aromatic heterocycles. The lowest BCUT2D eigenvalue weighted by Crippen LogP contribution is -2.40. The van der Waals surface area contributed by atoms with E-state index in [2.05, 4.69) is 31.8 Å². The summed E-state index contributed by atoms with van der Waals surface area (Å²) in [5.74, 6) is 2.03. The summed E-state index contributed by atoms with van der Waals surface area (Å²) in [6, 6.07) is 5.91. The van der Waals surface area contributed by atoms with Gasteiger partial charge < -0.3 is 14.6 Å². The molecule has 0 amide bonds. The van der Waals surface area contributed by atoms with E-state index in [0.29, 0.717) is 28.7 Å². The van der Waals surface area contributed by atoms with Gasteiger partial charge in [0.2, 0.25) is 0 Å². The number of carbonyl (C=O) groups is 1. The van der Waals surface area contributed by atoms with Gasteiger partial charge in [0.1, 0.15) is 17.4 Å². The molecule has 0 spiro atoms. The number of nitrogens with one attached hydrogen (secondary N) is 1. The van der Waals surface area contributed by atoms with E-state index in [9.17, 15) is 4.79 Å². The molecule has 2 aliphatic rings. The van der Waals surface area contributed by atoms with Crippen LogP contribution in [0.3, 0.4) is 0 Å². The van der Waals surface area contributed by atoms with Gasteiger partial charge in [0.25, 0.3) is 0 Å². The van der Waals surface area contributed by atoms with Crippen LogP contribution in [0, 0.1) is 5.41 Å². The van der Waals surface area contributed by atoms with Crippen LogP contribution in [0.1, 0.15) is 52.4 Å². The highest BCUT2D eigenvalue weighted by Crippen LogP contribution is 2.38. The van der Waals surface area contributed by atoms with Crippen LogP contribution in [-0.2, 0) is 9.53 Å². The summed E-state index contributed by atoms with van der Waals surface area (Å²) in [7, 11) is 0. The third kappa shape index (κ3) is 4.75. The van der Waals surface area contributed by atoms with Crippen LogP contribution in [0.5, 0.6) is 0 Å². The second-order valence-electron chi connectivity index (χ2n) is 9.65. The number of H-pyrrole nitrogens is 1. The Morgan fingerprint density at radius 3 is 2.52 bits per heavy atom.